The molecule has 2 unspecified atom stereocenters. The van der Waals surface area contributed by atoms with Gasteiger partial charge in [0.25, 0.3) is 0 Å². The molecule has 0 bridgehead atoms. The highest BCUT2D eigenvalue weighted by molar-refractivity contribution is 8.23. The fraction of sp³-hybridized carbons (Fsp3) is 1.00. The highest BCUT2D eigenvalue weighted by atomic mass is 32.2. The monoisotopic (exact) mass is 352 g/mol. The summed E-state index contributed by atoms with van der Waals surface area (Å²) in [5, 5.41) is 1.45. The molecular formula is C19H38B2S2. The number of hydrogen-bond donors (Lipinski definition) is 0. The third-order valence-electron chi connectivity index (χ3n) is 4.93. The standard InChI is InChI=1S/C19H38B2S2/c1-14(2)17-9-7-11-18(20-22-15(3)4)13-19(12-8-10-17)21-23-16(5)6/h14-19H,7-13H2,1-6H3. The zero-order chi connectivity index (χ0) is 17.2. The molecular weight excluding hydrogens is 314 g/mol. The van der Waals surface area contributed by atoms with Crippen molar-refractivity contribution in [2.24, 2.45) is 11.8 Å². The lowest BCUT2D eigenvalue weighted by Gasteiger charge is -2.28. The Bertz CT molecular complexity index is 271. The van der Waals surface area contributed by atoms with Crippen LogP contribution in [0.25, 0.3) is 0 Å². The summed E-state index contributed by atoms with van der Waals surface area (Å²) in [6.07, 6.45) is 9.93. The van der Waals surface area contributed by atoms with Crippen LogP contribution in [-0.2, 0) is 0 Å². The summed E-state index contributed by atoms with van der Waals surface area (Å²) in [5.41, 5.74) is 0. The van der Waals surface area contributed by atoms with Crippen LogP contribution >= 0.6 is 23.2 Å². The van der Waals surface area contributed by atoms with Crippen molar-refractivity contribution in [1.82, 2.24) is 0 Å². The molecule has 0 amide bonds. The maximum absolute atomic E-state index is 2.58. The van der Waals surface area contributed by atoms with E-state index in [0.717, 1.165) is 34.0 Å². The van der Waals surface area contributed by atoms with E-state index in [4.69, 9.17) is 0 Å². The molecule has 0 aromatic heterocycles. The van der Waals surface area contributed by atoms with Gasteiger partial charge in [0.15, 0.2) is 13.1 Å². The SMILES string of the molecule is CC(C)S[B]C1CCCC(C(C)C)CCCC([B]SC(C)C)C1. The summed E-state index contributed by atoms with van der Waals surface area (Å²) in [4.78, 5) is 0. The van der Waals surface area contributed by atoms with Crippen molar-refractivity contribution in [3.63, 3.8) is 0 Å². The Morgan fingerprint density at radius 1 is 0.696 bits per heavy atom. The van der Waals surface area contributed by atoms with Crippen LogP contribution in [0.5, 0.6) is 0 Å². The van der Waals surface area contributed by atoms with Crippen molar-refractivity contribution in [2.45, 2.75) is 109 Å². The normalized spacial score (nSPS) is 27.4. The largest absolute Gasteiger partial charge is 0.215 e. The van der Waals surface area contributed by atoms with Gasteiger partial charge < -0.3 is 0 Å². The van der Waals surface area contributed by atoms with Crippen LogP contribution in [0, 0.1) is 11.8 Å². The minimum Gasteiger partial charge on any atom is -0.215 e. The topological polar surface area (TPSA) is 0 Å². The molecule has 0 N–H and O–H groups in total. The minimum absolute atomic E-state index is 0.723. The Labute approximate surface area is 156 Å². The third-order valence-corrected chi connectivity index (χ3v) is 7.11. The predicted octanol–water partition coefficient (Wildman–Crippen LogP) is 7.10. The molecule has 1 aliphatic rings. The molecule has 0 aliphatic heterocycles. The smallest absolute Gasteiger partial charge is 0.195 e. The lowest BCUT2D eigenvalue weighted by atomic mass is 9.66. The Balaban J connectivity index is 2.61. The third kappa shape index (κ3) is 10.4. The van der Waals surface area contributed by atoms with Gasteiger partial charge in [-0.3, -0.25) is 0 Å². The molecule has 0 aromatic carbocycles. The lowest BCUT2D eigenvalue weighted by Crippen LogP contribution is -2.16. The molecule has 0 saturated heterocycles. The first-order chi connectivity index (χ1) is 10.9. The first kappa shape index (κ1) is 21.9. The van der Waals surface area contributed by atoms with Crippen LogP contribution in [0.3, 0.4) is 0 Å². The van der Waals surface area contributed by atoms with Gasteiger partial charge in [-0.2, -0.15) is 0 Å². The van der Waals surface area contributed by atoms with Crippen LogP contribution in [-0.4, -0.2) is 23.6 Å². The van der Waals surface area contributed by atoms with Gasteiger partial charge in [-0.15, -0.1) is 0 Å². The summed E-state index contributed by atoms with van der Waals surface area (Å²) in [6.45, 7) is 19.3. The van der Waals surface area contributed by atoms with Crippen LogP contribution in [0.2, 0.25) is 11.6 Å². The summed E-state index contributed by atoms with van der Waals surface area (Å²) >= 11 is 4.11. The fourth-order valence-electron chi connectivity index (χ4n) is 3.50. The molecule has 0 aromatic rings. The quantitative estimate of drug-likeness (QED) is 0.448. The van der Waals surface area contributed by atoms with E-state index in [1.54, 1.807) is 0 Å². The number of hydrogen-bond acceptors (Lipinski definition) is 2. The predicted molar refractivity (Wildman–Crippen MR) is 115 cm³/mol. The van der Waals surface area contributed by atoms with E-state index < -0.39 is 0 Å². The fourth-order valence-corrected chi connectivity index (χ4v) is 5.07. The van der Waals surface area contributed by atoms with Crippen molar-refractivity contribution in [1.29, 1.82) is 0 Å². The van der Waals surface area contributed by atoms with Crippen molar-refractivity contribution in [3.8, 4) is 0 Å². The van der Waals surface area contributed by atoms with Gasteiger partial charge in [0.1, 0.15) is 0 Å². The average molecular weight is 352 g/mol. The summed E-state index contributed by atoms with van der Waals surface area (Å²) in [7, 11) is 0. The number of rotatable bonds is 7. The van der Waals surface area contributed by atoms with E-state index in [0.29, 0.717) is 0 Å². The second-order valence-corrected chi connectivity index (χ2v) is 11.2. The van der Waals surface area contributed by atoms with Crippen LogP contribution < -0.4 is 0 Å². The highest BCUT2D eigenvalue weighted by Crippen LogP contribution is 2.38. The second kappa shape index (κ2) is 12.2. The summed E-state index contributed by atoms with van der Waals surface area (Å²) in [6, 6.07) is 0. The molecule has 1 aliphatic carbocycles. The van der Waals surface area contributed by atoms with E-state index in [9.17, 15) is 0 Å². The first-order valence-electron chi connectivity index (χ1n) is 9.86. The second-order valence-electron chi connectivity index (χ2n) is 8.26. The van der Waals surface area contributed by atoms with E-state index in [2.05, 4.69) is 77.9 Å². The van der Waals surface area contributed by atoms with E-state index >= 15 is 0 Å². The maximum Gasteiger partial charge on any atom is 0.195 e. The van der Waals surface area contributed by atoms with Crippen LogP contribution in [0.1, 0.15) is 86.5 Å². The van der Waals surface area contributed by atoms with Crippen molar-refractivity contribution in [3.05, 3.63) is 0 Å². The van der Waals surface area contributed by atoms with Gasteiger partial charge in [0.05, 0.1) is 0 Å². The van der Waals surface area contributed by atoms with Gasteiger partial charge in [-0.1, -0.05) is 98.1 Å². The Kier molecular flexibility index (Phi) is 11.6. The molecule has 132 valence electrons. The molecule has 1 fully saturated rings. The summed E-state index contributed by atoms with van der Waals surface area (Å²) in [5.74, 6) is 3.42. The van der Waals surface area contributed by atoms with Crippen molar-refractivity contribution in [2.75, 3.05) is 0 Å². The van der Waals surface area contributed by atoms with Gasteiger partial charge in [-0.05, 0) is 22.3 Å². The summed E-state index contributed by atoms with van der Waals surface area (Å²) < 4.78 is 0. The molecule has 0 heterocycles. The van der Waals surface area contributed by atoms with Gasteiger partial charge in [-0.25, -0.2) is 23.2 Å². The van der Waals surface area contributed by atoms with E-state index in [-0.39, 0.29) is 0 Å². The maximum atomic E-state index is 2.58. The van der Waals surface area contributed by atoms with Gasteiger partial charge in [0, 0.05) is 0 Å². The van der Waals surface area contributed by atoms with Gasteiger partial charge in [0.2, 0.25) is 0 Å². The molecule has 0 nitrogen and oxygen atoms in total. The van der Waals surface area contributed by atoms with E-state index in [1.807, 2.05) is 0 Å². The zero-order valence-corrected chi connectivity index (χ0v) is 18.0. The average Bonchev–Trinajstić information content (AvgIpc) is 2.47. The van der Waals surface area contributed by atoms with Gasteiger partial charge >= 0.3 is 0 Å². The molecule has 4 heteroatoms. The van der Waals surface area contributed by atoms with Crippen molar-refractivity contribution < 1.29 is 0 Å². The Morgan fingerprint density at radius 3 is 1.48 bits per heavy atom. The molecule has 2 radical (unpaired) electrons. The molecule has 1 saturated carbocycles. The Morgan fingerprint density at radius 2 is 1.13 bits per heavy atom. The lowest BCUT2D eigenvalue weighted by molar-refractivity contribution is 0.306. The van der Waals surface area contributed by atoms with Crippen LogP contribution in [0.4, 0.5) is 0 Å². The molecule has 23 heavy (non-hydrogen) atoms. The highest BCUT2D eigenvalue weighted by Gasteiger charge is 2.23. The first-order valence-corrected chi connectivity index (χ1v) is 11.7. The molecule has 2 atom stereocenters. The minimum atomic E-state index is 0.723. The molecule has 1 rings (SSSR count). The van der Waals surface area contributed by atoms with Crippen LogP contribution in [0.15, 0.2) is 0 Å². The zero-order valence-electron chi connectivity index (χ0n) is 16.4. The van der Waals surface area contributed by atoms with Crippen molar-refractivity contribution >= 4 is 36.3 Å². The molecule has 0 spiro atoms. The van der Waals surface area contributed by atoms with E-state index in [1.165, 1.54) is 44.9 Å². The Hall–Kier alpha value is 0.830.